The number of aliphatic carboxylic acids is 1. The van der Waals surface area contributed by atoms with Crippen LogP contribution in [0.15, 0.2) is 4.99 Å². The fraction of sp³-hybridized carbons (Fsp3) is 0.500. The van der Waals surface area contributed by atoms with Gasteiger partial charge in [0.15, 0.2) is 0 Å². The van der Waals surface area contributed by atoms with Gasteiger partial charge in [-0.1, -0.05) is 0 Å². The summed E-state index contributed by atoms with van der Waals surface area (Å²) in [6.07, 6.45) is 0.366. The fourth-order valence-corrected chi connectivity index (χ4v) is 0.835. The summed E-state index contributed by atoms with van der Waals surface area (Å²) in [5.41, 5.74) is 15.4. The van der Waals surface area contributed by atoms with Crippen LogP contribution in [0.1, 0.15) is 6.42 Å². The molecule has 0 bridgehead atoms. The molecule has 0 aliphatic heterocycles. The van der Waals surface area contributed by atoms with Crippen LogP contribution in [0.2, 0.25) is 0 Å². The van der Waals surface area contributed by atoms with Crippen molar-refractivity contribution in [2.45, 2.75) is 12.5 Å². The standard InChI is InChI=1S/C6H12N4O2.Fe/c7-4(5(11)12)2-1-3-10-6(8)9;/h4H,1,3,7H2,(H,11,12)(H4,8,9,10);/q;+1. The molecule has 0 aromatic carbocycles. The second-order valence-corrected chi connectivity index (χ2v) is 3.01. The summed E-state index contributed by atoms with van der Waals surface area (Å²) in [6, 6.07) is -1.05. The first-order valence-corrected chi connectivity index (χ1v) is 4.04. The predicted molar refractivity (Wildman–Crippen MR) is 45.9 cm³/mol. The molecule has 0 aromatic heterocycles. The molecular formula is C6H12FeN4O2+. The van der Waals surface area contributed by atoms with Crippen molar-refractivity contribution in [1.82, 2.24) is 0 Å². The Morgan fingerprint density at radius 3 is 2.46 bits per heavy atom. The molecule has 0 aromatic rings. The molecule has 0 fully saturated rings. The van der Waals surface area contributed by atoms with Gasteiger partial charge in [0.1, 0.15) is 0 Å². The first kappa shape index (κ1) is 12.1. The third kappa shape index (κ3) is 5.35. The van der Waals surface area contributed by atoms with E-state index < -0.39 is 12.0 Å². The zero-order valence-corrected chi connectivity index (χ0v) is 7.98. The van der Waals surface area contributed by atoms with E-state index in [-0.39, 0.29) is 5.96 Å². The van der Waals surface area contributed by atoms with Gasteiger partial charge in [0, 0.05) is 0 Å². The van der Waals surface area contributed by atoms with Gasteiger partial charge >= 0.3 is 83.0 Å². The van der Waals surface area contributed by atoms with Crippen molar-refractivity contribution in [2.75, 3.05) is 6.54 Å². The van der Waals surface area contributed by atoms with E-state index in [1.54, 1.807) is 0 Å². The maximum absolute atomic E-state index is 10.4. The Bertz CT molecular complexity index is 237. The predicted octanol–water partition coefficient (Wildman–Crippen LogP) is -2.22. The number of aliphatic imine (C=N–C) groups is 1. The van der Waals surface area contributed by atoms with Crippen molar-refractivity contribution in [3.8, 4) is 0 Å². The van der Waals surface area contributed by atoms with Crippen LogP contribution in [0.25, 0.3) is 0 Å². The number of nitrogens with two attached hydrogens (primary N) is 3. The summed E-state index contributed by atoms with van der Waals surface area (Å²) in [7, 11) is 0. The quantitative estimate of drug-likeness (QED) is 0.241. The van der Waals surface area contributed by atoms with Gasteiger partial charge in [-0.2, -0.15) is 0 Å². The van der Waals surface area contributed by atoms with Crippen LogP contribution >= 0.6 is 0 Å². The molecule has 0 aliphatic carbocycles. The zero-order valence-electron chi connectivity index (χ0n) is 6.88. The molecule has 0 radical (unpaired) electrons. The van der Waals surface area contributed by atoms with Crippen LogP contribution in [0.4, 0.5) is 0 Å². The number of rotatable bonds is 5. The van der Waals surface area contributed by atoms with Crippen LogP contribution < -0.4 is 17.2 Å². The normalized spacial score (nSPS) is 11.8. The minimum atomic E-state index is -1.10. The molecule has 0 spiro atoms. The van der Waals surface area contributed by atoms with E-state index in [1.165, 1.54) is 0 Å². The van der Waals surface area contributed by atoms with Gasteiger partial charge in [-0.15, -0.1) is 0 Å². The number of nitrogens with zero attached hydrogens (tertiary/aromatic N) is 1. The van der Waals surface area contributed by atoms with Crippen molar-refractivity contribution in [2.24, 2.45) is 22.2 Å². The van der Waals surface area contributed by atoms with Crippen LogP contribution in [0.5, 0.6) is 0 Å². The van der Waals surface area contributed by atoms with Crippen molar-refractivity contribution in [3.63, 3.8) is 0 Å². The Hall–Kier alpha value is -0.911. The number of hydrogen-bond donors (Lipinski definition) is 4. The molecule has 0 heterocycles. The molecule has 0 saturated carbocycles. The van der Waals surface area contributed by atoms with Crippen LogP contribution in [0.3, 0.4) is 0 Å². The van der Waals surface area contributed by atoms with Gasteiger partial charge in [0.05, 0.1) is 0 Å². The summed E-state index contributed by atoms with van der Waals surface area (Å²) >= 11 is 3.52. The Morgan fingerprint density at radius 2 is 2.08 bits per heavy atom. The summed E-state index contributed by atoms with van der Waals surface area (Å²) in [5.74, 6) is -1.13. The minimum absolute atomic E-state index is 0.0308. The van der Waals surface area contributed by atoms with E-state index in [2.05, 4.69) is 20.6 Å². The van der Waals surface area contributed by atoms with E-state index >= 15 is 0 Å². The molecule has 7 N–H and O–H groups in total. The number of hydrogen-bond acceptors (Lipinski definition) is 3. The molecule has 0 saturated heterocycles. The van der Waals surface area contributed by atoms with Crippen molar-refractivity contribution >= 4 is 16.3 Å². The molecular weight excluding hydrogens is 216 g/mol. The Kier molecular flexibility index (Phi) is 5.29. The number of guanidine groups is 1. The van der Waals surface area contributed by atoms with Gasteiger partial charge < -0.3 is 0 Å². The van der Waals surface area contributed by atoms with Gasteiger partial charge in [-0.05, 0) is 0 Å². The van der Waals surface area contributed by atoms with E-state index in [0.717, 1.165) is 0 Å². The van der Waals surface area contributed by atoms with Crippen molar-refractivity contribution in [3.05, 3.63) is 0 Å². The summed E-state index contributed by atoms with van der Waals surface area (Å²) in [6.45, 7) is 0.308. The molecule has 0 aliphatic rings. The Balaban J connectivity index is 3.89. The van der Waals surface area contributed by atoms with Crippen LogP contribution in [-0.4, -0.2) is 34.0 Å². The van der Waals surface area contributed by atoms with E-state index in [0.29, 0.717) is 17.4 Å². The van der Waals surface area contributed by atoms with Crippen molar-refractivity contribution < 1.29 is 25.5 Å². The fourth-order valence-electron chi connectivity index (χ4n) is 0.576. The van der Waals surface area contributed by atoms with Crippen LogP contribution in [0, 0.1) is 0 Å². The average Bonchev–Trinajstić information content (AvgIpc) is 2.02. The van der Waals surface area contributed by atoms with E-state index in [4.69, 9.17) is 22.3 Å². The number of carboxylic acids is 1. The van der Waals surface area contributed by atoms with Gasteiger partial charge in [0.2, 0.25) is 0 Å². The zero-order chi connectivity index (χ0) is 10.4. The Labute approximate surface area is 83.5 Å². The first-order chi connectivity index (χ1) is 5.95. The molecule has 1 atom stereocenters. The third-order valence-corrected chi connectivity index (χ3v) is 1.85. The topological polar surface area (TPSA) is 128 Å². The molecule has 75 valence electrons. The van der Waals surface area contributed by atoms with Crippen LogP contribution in [-0.2, 0) is 20.4 Å². The Morgan fingerprint density at radius 1 is 1.54 bits per heavy atom. The molecule has 1 unspecified atom stereocenters. The van der Waals surface area contributed by atoms with E-state index in [1.807, 2.05) is 0 Å². The maximum atomic E-state index is 10.4. The molecule has 6 nitrogen and oxygen atoms in total. The second kappa shape index (κ2) is 5.69. The molecule has 13 heavy (non-hydrogen) atoms. The molecule has 0 rings (SSSR count). The number of carboxylic acid groups (broad SMARTS) is 1. The molecule has 0 amide bonds. The average molecular weight is 228 g/mol. The summed E-state index contributed by atoms with van der Waals surface area (Å²) < 4.78 is 0.400. The van der Waals surface area contributed by atoms with Gasteiger partial charge in [0.25, 0.3) is 0 Å². The molecule has 7 heteroatoms. The number of carbonyl (C=O) groups is 1. The van der Waals surface area contributed by atoms with Gasteiger partial charge in [-0.3, -0.25) is 0 Å². The van der Waals surface area contributed by atoms with Gasteiger partial charge in [-0.25, -0.2) is 0 Å². The third-order valence-electron chi connectivity index (χ3n) is 1.23. The summed E-state index contributed by atoms with van der Waals surface area (Å²) in [4.78, 5) is 14.0. The monoisotopic (exact) mass is 228 g/mol. The SMILES string of the molecule is NC(N)=NCC[C](=[Fe+])C(N)C(=O)O. The van der Waals surface area contributed by atoms with E-state index in [9.17, 15) is 4.79 Å². The second-order valence-electron chi connectivity index (χ2n) is 2.30. The summed E-state index contributed by atoms with van der Waals surface area (Å²) in [5, 5.41) is 8.49. The first-order valence-electron chi connectivity index (χ1n) is 3.49. The van der Waals surface area contributed by atoms with Crippen molar-refractivity contribution in [1.29, 1.82) is 0 Å².